The Kier molecular flexibility index (Phi) is 6.86. The lowest BCUT2D eigenvalue weighted by atomic mass is 9.82. The molecule has 0 bridgehead atoms. The molecule has 0 radical (unpaired) electrons. The Bertz CT molecular complexity index is 748. The number of nitrogens with one attached hydrogen (secondary N) is 1. The Morgan fingerprint density at radius 3 is 2.67 bits per heavy atom. The highest BCUT2D eigenvalue weighted by molar-refractivity contribution is 8.13. The van der Waals surface area contributed by atoms with E-state index in [1.165, 1.54) is 23.0 Å². The van der Waals surface area contributed by atoms with Crippen molar-refractivity contribution in [2.75, 3.05) is 24.7 Å². The van der Waals surface area contributed by atoms with Gasteiger partial charge in [-0.3, -0.25) is 4.99 Å². The van der Waals surface area contributed by atoms with Crippen LogP contribution in [0.5, 0.6) is 0 Å². The zero-order chi connectivity index (χ0) is 20.2. The average molecular weight is 391 g/mol. The number of amides is 2. The Balaban J connectivity index is 2.20. The van der Waals surface area contributed by atoms with E-state index in [9.17, 15) is 4.79 Å². The second-order valence-corrected chi connectivity index (χ2v) is 8.18. The van der Waals surface area contributed by atoms with Gasteiger partial charge in [0.2, 0.25) is 5.17 Å². The van der Waals surface area contributed by atoms with Crippen molar-refractivity contribution in [3.05, 3.63) is 23.8 Å². The Hall–Kier alpha value is -2.09. The summed E-state index contributed by atoms with van der Waals surface area (Å²) in [5.74, 6) is 0.150. The highest BCUT2D eigenvalue weighted by Gasteiger charge is 2.36. The van der Waals surface area contributed by atoms with Crippen molar-refractivity contribution < 1.29 is 4.79 Å². The van der Waals surface area contributed by atoms with E-state index in [4.69, 9.17) is 5.73 Å². The van der Waals surface area contributed by atoms with Crippen molar-refractivity contribution in [1.29, 1.82) is 0 Å². The fraction of sp³-hybridized carbons (Fsp3) is 0.579. The largest absolute Gasteiger partial charge is 0.374 e. The molecule has 2 rings (SSSR count). The molecule has 1 aliphatic heterocycles. The quantitative estimate of drug-likeness (QED) is 0.452. The molecule has 0 aromatic heterocycles. The van der Waals surface area contributed by atoms with Gasteiger partial charge in [0.25, 0.3) is 0 Å². The van der Waals surface area contributed by atoms with Crippen LogP contribution in [0.1, 0.15) is 33.3 Å². The van der Waals surface area contributed by atoms with Gasteiger partial charge in [-0.25, -0.2) is 4.79 Å². The third-order valence-electron chi connectivity index (χ3n) is 5.39. The van der Waals surface area contributed by atoms with Crippen LogP contribution in [0.2, 0.25) is 0 Å². The van der Waals surface area contributed by atoms with Gasteiger partial charge in [0.1, 0.15) is 0 Å². The summed E-state index contributed by atoms with van der Waals surface area (Å²) < 4.78 is 0. The van der Waals surface area contributed by atoms with E-state index < -0.39 is 11.6 Å². The highest BCUT2D eigenvalue weighted by Crippen LogP contribution is 2.30. The number of rotatable bonds is 5. The molecule has 1 heterocycles. The van der Waals surface area contributed by atoms with E-state index >= 15 is 0 Å². The fourth-order valence-corrected chi connectivity index (χ4v) is 3.52. The summed E-state index contributed by atoms with van der Waals surface area (Å²) in [6.45, 7) is 8.99. The van der Waals surface area contributed by atoms with Crippen LogP contribution in [-0.4, -0.2) is 42.6 Å². The van der Waals surface area contributed by atoms with Crippen LogP contribution >= 0.6 is 11.8 Å². The molecule has 0 aliphatic carbocycles. The number of carbonyl (C=O) groups is 1. The number of carbonyl (C=O) groups excluding carboxylic acids is 1. The van der Waals surface area contributed by atoms with Gasteiger partial charge in [-0.2, -0.15) is 0 Å². The van der Waals surface area contributed by atoms with Crippen LogP contribution in [0.15, 0.2) is 33.4 Å². The van der Waals surface area contributed by atoms with Crippen molar-refractivity contribution >= 4 is 34.3 Å². The number of primary amides is 1. The van der Waals surface area contributed by atoms with Gasteiger partial charge in [0.15, 0.2) is 0 Å². The van der Waals surface area contributed by atoms with Gasteiger partial charge < -0.3 is 16.0 Å². The number of azo groups is 1. The van der Waals surface area contributed by atoms with Gasteiger partial charge in [0.05, 0.1) is 17.3 Å². The molecule has 7 nitrogen and oxygen atoms in total. The third-order valence-corrected chi connectivity index (χ3v) is 5.94. The van der Waals surface area contributed by atoms with Gasteiger partial charge >= 0.3 is 6.03 Å². The number of anilines is 1. The SMILES string of the molecule is CSC(N=Nc1ccc2c(c1)CCN2C)=NC(C)[C@@](C)(NC(N)=O)C(C)C. The predicted octanol–water partition coefficient (Wildman–Crippen LogP) is 3.95. The molecule has 8 heteroatoms. The minimum absolute atomic E-state index is 0.150. The van der Waals surface area contributed by atoms with Crippen LogP contribution in [0.25, 0.3) is 0 Å². The Morgan fingerprint density at radius 2 is 2.07 bits per heavy atom. The summed E-state index contributed by atoms with van der Waals surface area (Å²) in [4.78, 5) is 18.3. The zero-order valence-corrected chi connectivity index (χ0v) is 17.8. The lowest BCUT2D eigenvalue weighted by Gasteiger charge is -2.37. The van der Waals surface area contributed by atoms with Crippen LogP contribution in [-0.2, 0) is 6.42 Å². The minimum atomic E-state index is -0.569. The average Bonchev–Trinajstić information content (AvgIpc) is 2.98. The maximum atomic E-state index is 11.4. The first-order valence-electron chi connectivity index (χ1n) is 9.12. The number of aliphatic imine (C=N–C) groups is 1. The lowest BCUT2D eigenvalue weighted by Crippen LogP contribution is -2.58. The van der Waals surface area contributed by atoms with E-state index in [2.05, 4.69) is 44.6 Å². The molecule has 1 aromatic carbocycles. The minimum Gasteiger partial charge on any atom is -0.374 e. The molecule has 1 aliphatic rings. The number of benzene rings is 1. The molecule has 0 saturated heterocycles. The molecule has 0 fully saturated rings. The van der Waals surface area contributed by atoms with E-state index in [0.717, 1.165) is 18.7 Å². The zero-order valence-electron chi connectivity index (χ0n) is 17.0. The second kappa shape index (κ2) is 8.73. The number of amidine groups is 1. The lowest BCUT2D eigenvalue weighted by molar-refractivity contribution is 0.204. The number of fused-ring (bicyclic) bond motifs is 1. The summed E-state index contributed by atoms with van der Waals surface area (Å²) in [7, 11) is 2.10. The Labute approximate surface area is 165 Å². The van der Waals surface area contributed by atoms with Crippen LogP contribution in [0, 0.1) is 5.92 Å². The van der Waals surface area contributed by atoms with Gasteiger partial charge in [-0.15, -0.1) is 10.2 Å². The van der Waals surface area contributed by atoms with Crippen molar-refractivity contribution in [3.63, 3.8) is 0 Å². The van der Waals surface area contributed by atoms with Gasteiger partial charge in [-0.05, 0) is 56.2 Å². The molecule has 1 aromatic rings. The normalized spacial score (nSPS) is 17.9. The summed E-state index contributed by atoms with van der Waals surface area (Å²) in [5, 5.41) is 12.1. The topological polar surface area (TPSA) is 95.4 Å². The first-order valence-corrected chi connectivity index (χ1v) is 10.3. The number of nitrogens with zero attached hydrogens (tertiary/aromatic N) is 4. The molecule has 2 atom stereocenters. The van der Waals surface area contributed by atoms with Crippen LogP contribution in [0.3, 0.4) is 0 Å². The van der Waals surface area contributed by atoms with E-state index in [1.807, 2.05) is 40.0 Å². The summed E-state index contributed by atoms with van der Waals surface area (Å²) in [6, 6.07) is 5.38. The second-order valence-electron chi connectivity index (χ2n) is 7.40. The first kappa shape index (κ1) is 21.2. The molecule has 27 heavy (non-hydrogen) atoms. The number of likely N-dealkylation sites (N-methyl/N-ethyl adjacent to an activating group) is 1. The first-order chi connectivity index (χ1) is 12.7. The maximum Gasteiger partial charge on any atom is 0.312 e. The number of thioether (sulfide) groups is 1. The van der Waals surface area contributed by atoms with E-state index in [0.29, 0.717) is 5.17 Å². The summed E-state index contributed by atoms with van der Waals surface area (Å²) in [5.41, 5.74) is 8.16. The fourth-order valence-electron chi connectivity index (χ4n) is 3.13. The number of hydrogen-bond donors (Lipinski definition) is 2. The molecule has 0 spiro atoms. The maximum absolute atomic E-state index is 11.4. The third kappa shape index (κ3) is 5.00. The molecule has 1 unspecified atom stereocenters. The van der Waals surface area contributed by atoms with Crippen molar-refractivity contribution in [1.82, 2.24) is 5.32 Å². The van der Waals surface area contributed by atoms with E-state index in [-0.39, 0.29) is 12.0 Å². The Morgan fingerprint density at radius 1 is 1.37 bits per heavy atom. The van der Waals surface area contributed by atoms with Gasteiger partial charge in [0, 0.05) is 19.3 Å². The van der Waals surface area contributed by atoms with Crippen LogP contribution in [0.4, 0.5) is 16.2 Å². The molecule has 0 saturated carbocycles. The predicted molar refractivity (Wildman–Crippen MR) is 114 cm³/mol. The monoisotopic (exact) mass is 390 g/mol. The standard InChI is InChI=1S/C19H30N6OS/c1-12(2)19(4,22-17(20)26)13(3)21-18(27-6)24-23-15-7-8-16-14(11-15)9-10-25(16)5/h7-8,11-13H,9-10H2,1-6H3,(H3,20,22,26)/t13?,19-/m0/s1. The van der Waals surface area contributed by atoms with Gasteiger partial charge in [-0.1, -0.05) is 25.6 Å². The molecular formula is C19H30N6OS. The summed E-state index contributed by atoms with van der Waals surface area (Å²) >= 11 is 1.43. The summed E-state index contributed by atoms with van der Waals surface area (Å²) in [6.07, 6.45) is 2.94. The van der Waals surface area contributed by atoms with Crippen molar-refractivity contribution in [3.8, 4) is 0 Å². The molecule has 148 valence electrons. The number of nitrogens with two attached hydrogens (primary N) is 1. The van der Waals surface area contributed by atoms with Crippen molar-refractivity contribution in [2.45, 2.75) is 45.7 Å². The van der Waals surface area contributed by atoms with Crippen molar-refractivity contribution in [2.24, 2.45) is 26.9 Å². The highest BCUT2D eigenvalue weighted by atomic mass is 32.2. The number of hydrogen-bond acceptors (Lipinski definition) is 5. The van der Waals surface area contributed by atoms with Crippen LogP contribution < -0.4 is 16.0 Å². The molecular weight excluding hydrogens is 360 g/mol. The smallest absolute Gasteiger partial charge is 0.312 e. The number of urea groups is 1. The molecule has 2 amide bonds. The molecule has 3 N–H and O–H groups in total. The van der Waals surface area contributed by atoms with E-state index in [1.54, 1.807) is 0 Å².